The summed E-state index contributed by atoms with van der Waals surface area (Å²) < 4.78 is 5.13. The molecule has 0 aromatic carbocycles. The molecule has 2 heteroatoms. The molecule has 0 aromatic heterocycles. The van der Waals surface area contributed by atoms with E-state index < -0.39 is 0 Å². The fourth-order valence-electron chi connectivity index (χ4n) is 5.99. The average Bonchev–Trinajstić information content (AvgIpc) is 2.79. The van der Waals surface area contributed by atoms with Crippen LogP contribution < -0.4 is 0 Å². The lowest BCUT2D eigenvalue weighted by atomic mass is 9.65. The second-order valence-corrected chi connectivity index (χ2v) is 7.72. The third-order valence-electron chi connectivity index (χ3n) is 6.59. The molecule has 0 saturated heterocycles. The summed E-state index contributed by atoms with van der Waals surface area (Å²) in [5.74, 6) is 2.32. The Morgan fingerprint density at radius 2 is 1.89 bits per heavy atom. The summed E-state index contributed by atoms with van der Waals surface area (Å²) in [7, 11) is 1.56. The minimum Gasteiger partial charge on any atom is -0.469 e. The number of carbonyl (C=O) groups excluding carboxylic acids is 1. The molecule has 0 heterocycles. The Labute approximate surface area is 110 Å². The van der Waals surface area contributed by atoms with E-state index in [1.807, 2.05) is 0 Å². The van der Waals surface area contributed by atoms with Gasteiger partial charge in [-0.2, -0.15) is 0 Å². The quantitative estimate of drug-likeness (QED) is 0.664. The van der Waals surface area contributed by atoms with Crippen LogP contribution in [-0.2, 0) is 9.53 Å². The van der Waals surface area contributed by atoms with Crippen molar-refractivity contribution in [1.29, 1.82) is 0 Å². The van der Waals surface area contributed by atoms with Crippen molar-refractivity contribution in [3.8, 4) is 0 Å². The fraction of sp³-hybridized carbons (Fsp3) is 0.938. The lowest BCUT2D eigenvalue weighted by molar-refractivity contribution is -0.153. The Hall–Kier alpha value is -0.530. The van der Waals surface area contributed by atoms with E-state index in [1.165, 1.54) is 32.1 Å². The van der Waals surface area contributed by atoms with Crippen LogP contribution in [-0.4, -0.2) is 13.1 Å². The number of rotatable bonds is 1. The molecule has 3 saturated carbocycles. The zero-order valence-corrected chi connectivity index (χ0v) is 12.2. The first-order valence-corrected chi connectivity index (χ1v) is 7.49. The Kier molecular flexibility index (Phi) is 2.60. The summed E-state index contributed by atoms with van der Waals surface area (Å²) in [6.45, 7) is 7.22. The summed E-state index contributed by atoms with van der Waals surface area (Å²) in [6, 6.07) is 0. The normalized spacial score (nSPS) is 48.9. The zero-order valence-electron chi connectivity index (χ0n) is 12.2. The van der Waals surface area contributed by atoms with Gasteiger partial charge >= 0.3 is 5.97 Å². The van der Waals surface area contributed by atoms with E-state index in [0.29, 0.717) is 11.3 Å². The van der Waals surface area contributed by atoms with Crippen LogP contribution in [0, 0.1) is 34.5 Å². The number of carbonyl (C=O) groups is 1. The van der Waals surface area contributed by atoms with Crippen molar-refractivity contribution < 1.29 is 9.53 Å². The van der Waals surface area contributed by atoms with Gasteiger partial charge in [-0.25, -0.2) is 0 Å². The molecule has 102 valence electrons. The van der Waals surface area contributed by atoms with E-state index >= 15 is 0 Å². The van der Waals surface area contributed by atoms with Crippen LogP contribution in [0.5, 0.6) is 0 Å². The molecule has 3 fully saturated rings. The predicted molar refractivity (Wildman–Crippen MR) is 70.9 cm³/mol. The van der Waals surface area contributed by atoms with Crippen LogP contribution in [0.15, 0.2) is 0 Å². The van der Waals surface area contributed by atoms with Crippen LogP contribution in [0.1, 0.15) is 52.9 Å². The molecule has 0 aliphatic heterocycles. The molecule has 0 aromatic rings. The molecule has 3 aliphatic carbocycles. The summed E-state index contributed by atoms with van der Waals surface area (Å²) in [6.07, 6.45) is 6.40. The smallest absolute Gasteiger partial charge is 0.309 e. The standard InChI is InChI=1S/C16H26O2/c1-15(2)8-5-9-16(3)11-7-6-10(12(11)15)13(16)14(17)18-4/h10-13H,5-9H2,1-4H3/t10-,11+,12-,13+,16-/m0/s1. The topological polar surface area (TPSA) is 26.3 Å². The van der Waals surface area contributed by atoms with Crippen molar-refractivity contribution in [2.45, 2.75) is 52.9 Å². The van der Waals surface area contributed by atoms with Crippen LogP contribution in [0.2, 0.25) is 0 Å². The third kappa shape index (κ3) is 1.38. The number of methoxy groups -OCH3 is 1. The molecule has 0 radical (unpaired) electrons. The zero-order chi connectivity index (χ0) is 13.1. The maximum atomic E-state index is 12.3. The summed E-state index contributed by atoms with van der Waals surface area (Å²) in [5.41, 5.74) is 0.626. The van der Waals surface area contributed by atoms with Crippen LogP contribution in [0.4, 0.5) is 0 Å². The highest BCUT2D eigenvalue weighted by Crippen LogP contribution is 2.70. The molecule has 3 rings (SSSR count). The largest absolute Gasteiger partial charge is 0.469 e. The van der Waals surface area contributed by atoms with E-state index in [9.17, 15) is 4.79 Å². The number of ether oxygens (including phenoxy) is 1. The molecular weight excluding hydrogens is 224 g/mol. The van der Waals surface area contributed by atoms with Crippen molar-refractivity contribution in [2.24, 2.45) is 34.5 Å². The van der Waals surface area contributed by atoms with Gasteiger partial charge in [0.15, 0.2) is 0 Å². The molecule has 0 amide bonds. The maximum Gasteiger partial charge on any atom is 0.309 e. The molecule has 5 atom stereocenters. The van der Waals surface area contributed by atoms with Gasteiger partial charge in [0, 0.05) is 0 Å². The molecule has 0 spiro atoms. The first-order valence-electron chi connectivity index (χ1n) is 7.49. The monoisotopic (exact) mass is 250 g/mol. The second kappa shape index (κ2) is 3.74. The second-order valence-electron chi connectivity index (χ2n) is 7.72. The number of hydrogen-bond donors (Lipinski definition) is 0. The number of hydrogen-bond acceptors (Lipinski definition) is 2. The first kappa shape index (κ1) is 12.5. The Morgan fingerprint density at radius 3 is 2.56 bits per heavy atom. The van der Waals surface area contributed by atoms with Crippen molar-refractivity contribution in [2.75, 3.05) is 7.11 Å². The van der Waals surface area contributed by atoms with Gasteiger partial charge in [-0.3, -0.25) is 4.79 Å². The van der Waals surface area contributed by atoms with Crippen molar-refractivity contribution in [1.82, 2.24) is 0 Å². The van der Waals surface area contributed by atoms with E-state index in [1.54, 1.807) is 7.11 Å². The van der Waals surface area contributed by atoms with E-state index in [0.717, 1.165) is 11.8 Å². The van der Waals surface area contributed by atoms with Gasteiger partial charge in [-0.05, 0) is 54.3 Å². The SMILES string of the molecule is COC(=O)[C@H]1[C@H]2CC[C@@H]3[C@H]2C(C)(C)CCC[C@@]31C. The highest BCUT2D eigenvalue weighted by Gasteiger charge is 2.67. The lowest BCUT2D eigenvalue weighted by Gasteiger charge is -2.39. The van der Waals surface area contributed by atoms with Gasteiger partial charge in [0.2, 0.25) is 0 Å². The lowest BCUT2D eigenvalue weighted by Crippen LogP contribution is -2.39. The van der Waals surface area contributed by atoms with E-state index in [-0.39, 0.29) is 17.3 Å². The van der Waals surface area contributed by atoms with Crippen molar-refractivity contribution in [3.05, 3.63) is 0 Å². The van der Waals surface area contributed by atoms with Gasteiger partial charge in [0.1, 0.15) is 0 Å². The minimum atomic E-state index is 0.0624. The fourth-order valence-corrected chi connectivity index (χ4v) is 5.99. The molecule has 0 N–H and O–H groups in total. The average molecular weight is 250 g/mol. The molecule has 2 nitrogen and oxygen atoms in total. The van der Waals surface area contributed by atoms with Crippen LogP contribution in [0.25, 0.3) is 0 Å². The summed E-state index contributed by atoms with van der Waals surface area (Å²) in [4.78, 5) is 12.3. The van der Waals surface area contributed by atoms with Crippen LogP contribution >= 0.6 is 0 Å². The van der Waals surface area contributed by atoms with Gasteiger partial charge in [-0.15, -0.1) is 0 Å². The molecular formula is C16H26O2. The van der Waals surface area contributed by atoms with Crippen molar-refractivity contribution in [3.63, 3.8) is 0 Å². The third-order valence-corrected chi connectivity index (χ3v) is 6.59. The highest BCUT2D eigenvalue weighted by atomic mass is 16.5. The molecule has 3 aliphatic rings. The summed E-state index contributed by atoms with van der Waals surface area (Å²) >= 11 is 0. The molecule has 0 unspecified atom stereocenters. The van der Waals surface area contributed by atoms with Crippen LogP contribution in [0.3, 0.4) is 0 Å². The summed E-state index contributed by atoms with van der Waals surface area (Å²) in [5, 5.41) is 0. The Morgan fingerprint density at radius 1 is 1.17 bits per heavy atom. The van der Waals surface area contributed by atoms with Crippen molar-refractivity contribution >= 4 is 5.97 Å². The Bertz CT molecular complexity index is 373. The molecule has 4 bridgehead atoms. The first-order chi connectivity index (χ1) is 8.42. The predicted octanol–water partition coefficient (Wildman–Crippen LogP) is 3.65. The van der Waals surface area contributed by atoms with Gasteiger partial charge < -0.3 is 4.74 Å². The Balaban J connectivity index is 2.05. The van der Waals surface area contributed by atoms with Gasteiger partial charge in [0.25, 0.3) is 0 Å². The maximum absolute atomic E-state index is 12.3. The highest BCUT2D eigenvalue weighted by molar-refractivity contribution is 5.74. The van der Waals surface area contributed by atoms with Gasteiger partial charge in [0.05, 0.1) is 13.0 Å². The van der Waals surface area contributed by atoms with Gasteiger partial charge in [-0.1, -0.05) is 27.2 Å². The minimum absolute atomic E-state index is 0.0624. The molecule has 18 heavy (non-hydrogen) atoms. The number of esters is 1. The van der Waals surface area contributed by atoms with E-state index in [4.69, 9.17) is 4.74 Å². The van der Waals surface area contributed by atoms with E-state index in [2.05, 4.69) is 20.8 Å².